The largest absolute Gasteiger partial charge is 0.395 e. The number of ether oxygens (including phenoxy) is 1. The van der Waals surface area contributed by atoms with Crippen molar-refractivity contribution in [3.8, 4) is 0 Å². The zero-order chi connectivity index (χ0) is 22.1. The number of anilines is 2. The number of morpholine rings is 1. The molecule has 0 bridgehead atoms. The first kappa shape index (κ1) is 23.7. The maximum absolute atomic E-state index is 11.5. The van der Waals surface area contributed by atoms with Gasteiger partial charge in [0, 0.05) is 44.0 Å². The maximum atomic E-state index is 11.5. The summed E-state index contributed by atoms with van der Waals surface area (Å²) in [5, 5.41) is 34.0. The molecule has 2 aliphatic rings. The van der Waals surface area contributed by atoms with Crippen molar-refractivity contribution in [1.82, 2.24) is 4.90 Å². The van der Waals surface area contributed by atoms with Crippen LogP contribution in [0.25, 0.3) is 0 Å². The Morgan fingerprint density at radius 2 is 1.94 bits per heavy atom. The third-order valence-corrected chi connectivity index (χ3v) is 6.26. The minimum absolute atomic E-state index is 0.0754. The minimum atomic E-state index is -0.320. The molecule has 0 amide bonds. The second-order valence-electron chi connectivity index (χ2n) is 8.45. The van der Waals surface area contributed by atoms with Gasteiger partial charge in [0.05, 0.1) is 30.8 Å². The molecule has 0 aliphatic carbocycles. The molecule has 2 atom stereocenters. The summed E-state index contributed by atoms with van der Waals surface area (Å²) in [5.41, 5.74) is 1.55. The van der Waals surface area contributed by atoms with Crippen LogP contribution in [0.4, 0.5) is 17.1 Å². The highest BCUT2D eigenvalue weighted by molar-refractivity contribution is 5.68. The quantitative estimate of drug-likeness (QED) is 0.275. The van der Waals surface area contributed by atoms with Crippen LogP contribution in [-0.4, -0.2) is 84.7 Å². The molecular weight excluding hydrogens is 400 g/mol. The number of nitro benzene ring substituents is 1. The predicted octanol–water partition coefficient (Wildman–Crippen LogP) is 2.22. The van der Waals surface area contributed by atoms with E-state index in [-0.39, 0.29) is 29.4 Å². The smallest absolute Gasteiger partial charge is 0.294 e. The van der Waals surface area contributed by atoms with Gasteiger partial charge in [-0.2, -0.15) is 0 Å². The Bertz CT molecular complexity index is 698. The topological polar surface area (TPSA) is 111 Å². The number of piperidine rings is 1. The van der Waals surface area contributed by atoms with Gasteiger partial charge in [-0.05, 0) is 44.4 Å². The van der Waals surface area contributed by atoms with Gasteiger partial charge in [0.1, 0.15) is 5.69 Å². The van der Waals surface area contributed by atoms with E-state index >= 15 is 0 Å². The van der Waals surface area contributed by atoms with Crippen LogP contribution >= 0.6 is 0 Å². The van der Waals surface area contributed by atoms with Crippen molar-refractivity contribution in [3.05, 3.63) is 28.3 Å². The van der Waals surface area contributed by atoms with Gasteiger partial charge in [0.25, 0.3) is 5.69 Å². The second kappa shape index (κ2) is 12.2. The van der Waals surface area contributed by atoms with Gasteiger partial charge in [0.15, 0.2) is 0 Å². The third-order valence-electron chi connectivity index (χ3n) is 6.26. The average Bonchev–Trinajstić information content (AvgIpc) is 2.79. The van der Waals surface area contributed by atoms with E-state index in [0.29, 0.717) is 31.9 Å². The summed E-state index contributed by atoms with van der Waals surface area (Å²) >= 11 is 0. The van der Waals surface area contributed by atoms with Crippen molar-refractivity contribution in [2.45, 2.75) is 50.7 Å². The van der Waals surface area contributed by atoms with Gasteiger partial charge in [0.2, 0.25) is 0 Å². The van der Waals surface area contributed by atoms with Crippen LogP contribution in [0.3, 0.4) is 0 Å². The number of nitrogens with zero attached hydrogens (tertiary/aromatic N) is 3. The maximum Gasteiger partial charge on any atom is 0.294 e. The first-order valence-electron chi connectivity index (χ1n) is 11.5. The van der Waals surface area contributed by atoms with Gasteiger partial charge in [-0.15, -0.1) is 0 Å². The summed E-state index contributed by atoms with van der Waals surface area (Å²) in [6.45, 7) is 5.39. The van der Waals surface area contributed by atoms with E-state index in [9.17, 15) is 20.3 Å². The molecule has 2 aliphatic heterocycles. The fourth-order valence-electron chi connectivity index (χ4n) is 4.42. The van der Waals surface area contributed by atoms with E-state index in [4.69, 9.17) is 4.74 Å². The molecule has 0 spiro atoms. The highest BCUT2D eigenvalue weighted by Crippen LogP contribution is 2.30. The second-order valence-corrected chi connectivity index (χ2v) is 8.45. The van der Waals surface area contributed by atoms with Gasteiger partial charge in [-0.25, -0.2) is 0 Å². The van der Waals surface area contributed by atoms with Gasteiger partial charge in [-0.3, -0.25) is 15.0 Å². The molecule has 31 heavy (non-hydrogen) atoms. The molecule has 0 saturated carbocycles. The van der Waals surface area contributed by atoms with E-state index in [2.05, 4.69) is 15.1 Å². The number of hydrogen-bond acceptors (Lipinski definition) is 8. The van der Waals surface area contributed by atoms with Crippen LogP contribution in [0.5, 0.6) is 0 Å². The summed E-state index contributed by atoms with van der Waals surface area (Å²) in [6, 6.07) is 5.48. The third kappa shape index (κ3) is 7.03. The van der Waals surface area contributed by atoms with Crippen LogP contribution in [0.2, 0.25) is 0 Å². The number of rotatable bonds is 11. The van der Waals surface area contributed by atoms with Crippen molar-refractivity contribution in [2.24, 2.45) is 0 Å². The number of unbranched alkanes of at least 4 members (excludes halogenated alkanes) is 3. The predicted molar refractivity (Wildman–Crippen MR) is 121 cm³/mol. The first-order chi connectivity index (χ1) is 15.1. The summed E-state index contributed by atoms with van der Waals surface area (Å²) in [4.78, 5) is 15.6. The van der Waals surface area contributed by atoms with E-state index in [1.807, 2.05) is 12.1 Å². The number of nitro groups is 1. The Balaban J connectivity index is 1.37. The van der Waals surface area contributed by atoms with E-state index < -0.39 is 0 Å². The van der Waals surface area contributed by atoms with Crippen LogP contribution in [-0.2, 0) is 4.74 Å². The summed E-state index contributed by atoms with van der Waals surface area (Å²) < 4.78 is 5.35. The average molecular weight is 437 g/mol. The summed E-state index contributed by atoms with van der Waals surface area (Å²) in [6.07, 6.45) is 5.29. The molecule has 3 N–H and O–H groups in total. The molecule has 2 fully saturated rings. The lowest BCUT2D eigenvalue weighted by molar-refractivity contribution is -0.383. The van der Waals surface area contributed by atoms with E-state index in [0.717, 1.165) is 64.0 Å². The zero-order valence-electron chi connectivity index (χ0n) is 18.2. The number of likely N-dealkylation sites (tertiary alicyclic amines) is 1. The number of nitrogens with one attached hydrogen (secondary N) is 1. The Hall–Kier alpha value is -1.94. The number of aliphatic hydroxyl groups excluding tert-OH is 2. The molecule has 2 heterocycles. The van der Waals surface area contributed by atoms with Crippen molar-refractivity contribution in [1.29, 1.82) is 0 Å². The van der Waals surface area contributed by atoms with Crippen molar-refractivity contribution >= 4 is 17.1 Å². The highest BCUT2D eigenvalue weighted by atomic mass is 16.6. The molecule has 2 saturated heterocycles. The van der Waals surface area contributed by atoms with Gasteiger partial charge >= 0.3 is 0 Å². The van der Waals surface area contributed by atoms with Crippen molar-refractivity contribution in [3.63, 3.8) is 0 Å². The van der Waals surface area contributed by atoms with E-state index in [1.165, 1.54) is 0 Å². The summed E-state index contributed by atoms with van der Waals surface area (Å²) in [7, 11) is 0. The highest BCUT2D eigenvalue weighted by Gasteiger charge is 2.26. The molecule has 9 nitrogen and oxygen atoms in total. The van der Waals surface area contributed by atoms with Crippen molar-refractivity contribution < 1.29 is 19.9 Å². The Morgan fingerprint density at radius 1 is 1.16 bits per heavy atom. The van der Waals surface area contributed by atoms with Gasteiger partial charge < -0.3 is 25.2 Å². The SMILES string of the molecule is O=[N+]([O-])c1cc(N2CCOCC2)ccc1NCCCCCCN1CC[C@@H](O)C[C@H]1CO. The molecular formula is C22H36N4O5. The van der Waals surface area contributed by atoms with Crippen LogP contribution in [0, 0.1) is 10.1 Å². The Morgan fingerprint density at radius 3 is 2.68 bits per heavy atom. The fraction of sp³-hybridized carbons (Fsp3) is 0.727. The lowest BCUT2D eigenvalue weighted by Crippen LogP contribution is -2.46. The molecule has 3 rings (SSSR count). The standard InChI is InChI=1S/C22H36N4O5/c27-17-19-15-20(28)7-10-24(19)9-4-2-1-3-8-23-21-6-5-18(16-22(21)26(29)30)25-11-13-31-14-12-25/h5-6,16,19-20,23,27-28H,1-4,7-15,17H2/t19-,20+/m0/s1. The molecule has 1 aromatic carbocycles. The number of aliphatic hydroxyl groups is 2. The minimum Gasteiger partial charge on any atom is -0.395 e. The number of hydrogen-bond donors (Lipinski definition) is 3. The normalized spacial score (nSPS) is 22.5. The van der Waals surface area contributed by atoms with Crippen LogP contribution in [0.1, 0.15) is 38.5 Å². The lowest BCUT2D eigenvalue weighted by atomic mass is 9.99. The Labute approximate surface area is 184 Å². The van der Waals surface area contributed by atoms with E-state index in [1.54, 1.807) is 6.07 Å². The van der Waals surface area contributed by atoms with Gasteiger partial charge in [-0.1, -0.05) is 12.8 Å². The lowest BCUT2D eigenvalue weighted by Gasteiger charge is -2.36. The molecule has 0 unspecified atom stereocenters. The zero-order valence-corrected chi connectivity index (χ0v) is 18.2. The molecule has 9 heteroatoms. The monoisotopic (exact) mass is 436 g/mol. The molecule has 0 radical (unpaired) electrons. The molecule has 174 valence electrons. The molecule has 1 aromatic rings. The number of benzene rings is 1. The van der Waals surface area contributed by atoms with Crippen molar-refractivity contribution in [2.75, 3.05) is 62.8 Å². The summed E-state index contributed by atoms with van der Waals surface area (Å²) in [5.74, 6) is 0. The van der Waals surface area contributed by atoms with Crippen LogP contribution in [0.15, 0.2) is 18.2 Å². The molecule has 0 aromatic heterocycles. The fourth-order valence-corrected chi connectivity index (χ4v) is 4.42. The van der Waals surface area contributed by atoms with Crippen LogP contribution < -0.4 is 10.2 Å². The first-order valence-corrected chi connectivity index (χ1v) is 11.5. The Kier molecular flexibility index (Phi) is 9.32.